The molecule has 0 saturated heterocycles. The molecule has 4 aliphatic rings. The maximum Gasteiger partial charge on any atom is 0.303 e. The first-order valence-electron chi connectivity index (χ1n) is 11.1. The summed E-state index contributed by atoms with van der Waals surface area (Å²) < 4.78 is 11.5. The molecule has 4 nitrogen and oxygen atoms in total. The second kappa shape index (κ2) is 6.60. The molecule has 4 heteroatoms. The van der Waals surface area contributed by atoms with E-state index in [4.69, 9.17) is 9.47 Å². The van der Waals surface area contributed by atoms with Gasteiger partial charge in [0, 0.05) is 25.7 Å². The lowest BCUT2D eigenvalue weighted by molar-refractivity contribution is -0.161. The first-order chi connectivity index (χ1) is 13.1. The maximum atomic E-state index is 11.6. The molecule has 156 valence electrons. The first kappa shape index (κ1) is 20.0. The molecule has 4 rings (SSSR count). The van der Waals surface area contributed by atoms with Crippen LogP contribution in [0.4, 0.5) is 0 Å². The van der Waals surface area contributed by atoms with Crippen molar-refractivity contribution >= 4 is 11.9 Å². The molecule has 4 aliphatic carbocycles. The summed E-state index contributed by atoms with van der Waals surface area (Å²) in [6.45, 7) is 9.99. The van der Waals surface area contributed by atoms with Crippen LogP contribution in [-0.4, -0.2) is 23.6 Å². The van der Waals surface area contributed by atoms with Crippen LogP contribution in [0.15, 0.2) is 11.6 Å². The molecule has 0 amide bonds. The summed E-state index contributed by atoms with van der Waals surface area (Å²) in [5, 5.41) is 0. The highest BCUT2D eigenvalue weighted by Crippen LogP contribution is 2.66. The number of carbonyl (C=O) groups is 2. The zero-order chi connectivity index (χ0) is 20.3. The average Bonchev–Trinajstić information content (AvgIpc) is 2.91. The molecule has 28 heavy (non-hydrogen) atoms. The van der Waals surface area contributed by atoms with Crippen LogP contribution in [-0.2, 0) is 19.1 Å². The molecule has 0 spiro atoms. The van der Waals surface area contributed by atoms with Crippen molar-refractivity contribution in [2.45, 2.75) is 97.7 Å². The summed E-state index contributed by atoms with van der Waals surface area (Å²) in [6.07, 6.45) is 11.2. The summed E-state index contributed by atoms with van der Waals surface area (Å²) in [6, 6.07) is 0. The Hall–Kier alpha value is -1.32. The average molecular weight is 389 g/mol. The number of hydrogen-bond donors (Lipinski definition) is 0. The van der Waals surface area contributed by atoms with Gasteiger partial charge in [-0.15, -0.1) is 0 Å². The van der Waals surface area contributed by atoms with Crippen molar-refractivity contribution < 1.29 is 19.1 Å². The van der Waals surface area contributed by atoms with Gasteiger partial charge in [-0.3, -0.25) is 9.59 Å². The van der Waals surface area contributed by atoms with E-state index in [1.54, 1.807) is 6.92 Å². The van der Waals surface area contributed by atoms with Gasteiger partial charge in [0.25, 0.3) is 0 Å². The van der Waals surface area contributed by atoms with Crippen molar-refractivity contribution in [3.63, 3.8) is 0 Å². The molecule has 0 aromatic carbocycles. The standard InChI is InChI=1S/C24H36O4/c1-15(25)27-21-9-8-19-18-7-6-17-14-22(3,28-16(2)26)12-13-23(17,4)20(18)10-11-24(19,21)5/h6,18-21H,7-14H2,1-5H3/t18-,19-,20-,21+,22-,23+,24-/m1/s1. The lowest BCUT2D eigenvalue weighted by atomic mass is 9.47. The Morgan fingerprint density at radius 3 is 2.39 bits per heavy atom. The van der Waals surface area contributed by atoms with E-state index in [1.807, 2.05) is 0 Å². The highest BCUT2D eigenvalue weighted by atomic mass is 16.6. The van der Waals surface area contributed by atoms with Crippen LogP contribution in [0.1, 0.15) is 86.0 Å². The highest BCUT2D eigenvalue weighted by Gasteiger charge is 2.60. The van der Waals surface area contributed by atoms with Gasteiger partial charge in [-0.2, -0.15) is 0 Å². The van der Waals surface area contributed by atoms with Crippen molar-refractivity contribution in [2.24, 2.45) is 28.6 Å². The lowest BCUT2D eigenvalue weighted by Gasteiger charge is -2.58. The zero-order valence-corrected chi connectivity index (χ0v) is 18.2. The van der Waals surface area contributed by atoms with Gasteiger partial charge >= 0.3 is 11.9 Å². The largest absolute Gasteiger partial charge is 0.462 e. The fraction of sp³-hybridized carbons (Fsp3) is 0.833. The highest BCUT2D eigenvalue weighted by molar-refractivity contribution is 5.66. The molecule has 0 unspecified atom stereocenters. The molecule has 3 fully saturated rings. The third-order valence-electron chi connectivity index (χ3n) is 8.97. The van der Waals surface area contributed by atoms with Crippen LogP contribution in [0.25, 0.3) is 0 Å². The summed E-state index contributed by atoms with van der Waals surface area (Å²) in [4.78, 5) is 23.2. The zero-order valence-electron chi connectivity index (χ0n) is 18.2. The fourth-order valence-electron chi connectivity index (χ4n) is 7.57. The minimum Gasteiger partial charge on any atom is -0.462 e. The first-order valence-corrected chi connectivity index (χ1v) is 11.1. The van der Waals surface area contributed by atoms with Crippen LogP contribution < -0.4 is 0 Å². The Balaban J connectivity index is 1.58. The maximum absolute atomic E-state index is 11.6. The van der Waals surface area contributed by atoms with Crippen molar-refractivity contribution in [2.75, 3.05) is 0 Å². The van der Waals surface area contributed by atoms with E-state index in [-0.39, 0.29) is 34.5 Å². The number of carbonyl (C=O) groups excluding carboxylic acids is 2. The molecular weight excluding hydrogens is 352 g/mol. The summed E-state index contributed by atoms with van der Waals surface area (Å²) in [7, 11) is 0. The Kier molecular flexibility index (Phi) is 4.71. The lowest BCUT2D eigenvalue weighted by Crippen LogP contribution is -2.53. The molecular formula is C24H36O4. The molecule has 0 heterocycles. The minimum atomic E-state index is -0.346. The Morgan fingerprint density at radius 1 is 0.964 bits per heavy atom. The molecule has 0 aromatic heterocycles. The molecule has 0 aromatic rings. The number of ether oxygens (including phenoxy) is 2. The second-order valence-electron chi connectivity index (χ2n) is 10.7. The van der Waals surface area contributed by atoms with Crippen molar-refractivity contribution in [1.29, 1.82) is 0 Å². The van der Waals surface area contributed by atoms with Gasteiger partial charge in [-0.05, 0) is 75.0 Å². The van der Waals surface area contributed by atoms with E-state index < -0.39 is 0 Å². The quantitative estimate of drug-likeness (QED) is 0.482. The van der Waals surface area contributed by atoms with E-state index in [1.165, 1.54) is 25.3 Å². The number of rotatable bonds is 2. The smallest absolute Gasteiger partial charge is 0.303 e. The van der Waals surface area contributed by atoms with E-state index in [2.05, 4.69) is 26.8 Å². The van der Waals surface area contributed by atoms with Gasteiger partial charge in [-0.1, -0.05) is 25.5 Å². The number of allylic oxidation sites excluding steroid dienone is 1. The summed E-state index contributed by atoms with van der Waals surface area (Å²) >= 11 is 0. The van der Waals surface area contributed by atoms with Gasteiger partial charge in [-0.25, -0.2) is 0 Å². The Morgan fingerprint density at radius 2 is 1.71 bits per heavy atom. The van der Waals surface area contributed by atoms with Crippen LogP contribution in [0.2, 0.25) is 0 Å². The van der Waals surface area contributed by atoms with Gasteiger partial charge in [0.2, 0.25) is 0 Å². The van der Waals surface area contributed by atoms with E-state index in [0.29, 0.717) is 17.8 Å². The van der Waals surface area contributed by atoms with E-state index in [9.17, 15) is 9.59 Å². The predicted molar refractivity (Wildman–Crippen MR) is 107 cm³/mol. The van der Waals surface area contributed by atoms with Gasteiger partial charge in [0.15, 0.2) is 0 Å². The van der Waals surface area contributed by atoms with Gasteiger partial charge in [0.05, 0.1) is 0 Å². The Labute approximate surface area is 169 Å². The Bertz CT molecular complexity index is 711. The van der Waals surface area contributed by atoms with Crippen molar-refractivity contribution in [3.8, 4) is 0 Å². The predicted octanol–water partition coefficient (Wildman–Crippen LogP) is 5.20. The second-order valence-corrected chi connectivity index (χ2v) is 10.7. The van der Waals surface area contributed by atoms with Crippen molar-refractivity contribution in [3.05, 3.63) is 11.6 Å². The number of esters is 2. The molecule has 0 N–H and O–H groups in total. The van der Waals surface area contributed by atoms with Crippen LogP contribution in [0, 0.1) is 28.6 Å². The summed E-state index contributed by atoms with van der Waals surface area (Å²) in [5.41, 5.74) is 1.53. The normalized spacial score (nSPS) is 47.2. The summed E-state index contributed by atoms with van der Waals surface area (Å²) in [5.74, 6) is 1.72. The third-order valence-corrected chi connectivity index (χ3v) is 8.97. The molecule has 7 atom stereocenters. The van der Waals surface area contributed by atoms with E-state index >= 15 is 0 Å². The topological polar surface area (TPSA) is 52.6 Å². The number of hydrogen-bond acceptors (Lipinski definition) is 4. The molecule has 0 radical (unpaired) electrons. The SMILES string of the molecule is CC(=O)O[C@H]1CC[C@@H]2[C@H]3CC=C4C[C@](C)(OC(C)=O)CC[C@]4(C)[C@@H]3CC[C@@]12C. The number of fused-ring (bicyclic) bond motifs is 5. The van der Waals surface area contributed by atoms with Crippen LogP contribution in [0.3, 0.4) is 0 Å². The molecule has 3 saturated carbocycles. The van der Waals surface area contributed by atoms with Crippen LogP contribution >= 0.6 is 0 Å². The minimum absolute atomic E-state index is 0.0905. The fourth-order valence-corrected chi connectivity index (χ4v) is 7.57. The molecule has 0 aliphatic heterocycles. The van der Waals surface area contributed by atoms with Gasteiger partial charge in [0.1, 0.15) is 11.7 Å². The van der Waals surface area contributed by atoms with Crippen molar-refractivity contribution in [1.82, 2.24) is 0 Å². The third kappa shape index (κ3) is 3.02. The monoisotopic (exact) mass is 388 g/mol. The van der Waals surface area contributed by atoms with Gasteiger partial charge < -0.3 is 9.47 Å². The molecule has 0 bridgehead atoms. The van der Waals surface area contributed by atoms with Crippen LogP contribution in [0.5, 0.6) is 0 Å². The van der Waals surface area contributed by atoms with E-state index in [0.717, 1.165) is 38.5 Å².